The third-order valence-electron chi connectivity index (χ3n) is 3.71. The molecule has 1 aliphatic heterocycles. The number of hydrogen-bond donors (Lipinski definition) is 0. The minimum atomic E-state index is 0.0489. The van der Waals surface area contributed by atoms with Crippen LogP contribution in [0.5, 0.6) is 5.75 Å². The highest BCUT2D eigenvalue weighted by Crippen LogP contribution is 2.33. The van der Waals surface area contributed by atoms with Gasteiger partial charge in [0.15, 0.2) is 5.78 Å². The second-order valence-electron chi connectivity index (χ2n) is 5.50. The van der Waals surface area contributed by atoms with E-state index in [0.717, 1.165) is 48.3 Å². The van der Waals surface area contributed by atoms with E-state index in [2.05, 4.69) is 6.92 Å². The van der Waals surface area contributed by atoms with Gasteiger partial charge in [0.25, 0.3) is 0 Å². The van der Waals surface area contributed by atoms with Crippen molar-refractivity contribution in [2.45, 2.75) is 47.0 Å². The standard InChI is InChI=1S/C16H22O2/c1-10(2)15(17)14-9-11(3)16-13(12(14)4)7-5-6-8-18-16/h9-10H,5-8H2,1-4H3. The fourth-order valence-corrected chi connectivity index (χ4v) is 2.61. The molecule has 0 fully saturated rings. The van der Waals surface area contributed by atoms with Gasteiger partial charge in [0.2, 0.25) is 0 Å². The maximum atomic E-state index is 12.2. The molecule has 0 unspecified atom stereocenters. The normalized spacial score (nSPS) is 14.9. The van der Waals surface area contributed by atoms with Crippen LogP contribution in [0, 0.1) is 19.8 Å². The van der Waals surface area contributed by atoms with Gasteiger partial charge in [0, 0.05) is 11.5 Å². The van der Waals surface area contributed by atoms with E-state index in [0.29, 0.717) is 0 Å². The molecule has 98 valence electrons. The summed E-state index contributed by atoms with van der Waals surface area (Å²) in [5.74, 6) is 1.31. The Morgan fingerprint density at radius 3 is 2.67 bits per heavy atom. The van der Waals surface area contributed by atoms with Crippen molar-refractivity contribution in [3.63, 3.8) is 0 Å². The molecule has 1 aromatic carbocycles. The predicted molar refractivity (Wildman–Crippen MR) is 73.5 cm³/mol. The Balaban J connectivity index is 2.55. The molecule has 1 heterocycles. The Labute approximate surface area is 109 Å². The van der Waals surface area contributed by atoms with Crippen LogP contribution in [-0.2, 0) is 6.42 Å². The van der Waals surface area contributed by atoms with Crippen LogP contribution in [0.2, 0.25) is 0 Å². The molecule has 0 aromatic heterocycles. The van der Waals surface area contributed by atoms with Gasteiger partial charge in [0.1, 0.15) is 5.75 Å². The molecular formula is C16H22O2. The van der Waals surface area contributed by atoms with Crippen molar-refractivity contribution in [2.75, 3.05) is 6.61 Å². The van der Waals surface area contributed by atoms with Crippen LogP contribution in [0.4, 0.5) is 0 Å². The molecule has 1 aliphatic rings. The average Bonchev–Trinajstić information content (AvgIpc) is 2.58. The molecule has 0 spiro atoms. The zero-order valence-electron chi connectivity index (χ0n) is 11.8. The Morgan fingerprint density at radius 2 is 2.00 bits per heavy atom. The molecule has 0 atom stereocenters. The number of Topliss-reactive ketones (excluding diaryl/α,β-unsaturated/α-hetero) is 1. The summed E-state index contributed by atoms with van der Waals surface area (Å²) < 4.78 is 5.84. The molecule has 0 aliphatic carbocycles. The SMILES string of the molecule is Cc1cc(C(=O)C(C)C)c(C)c2c1OCCCC2. The van der Waals surface area contributed by atoms with Crippen LogP contribution in [0.15, 0.2) is 6.07 Å². The molecule has 2 heteroatoms. The van der Waals surface area contributed by atoms with Gasteiger partial charge in [-0.3, -0.25) is 4.79 Å². The minimum Gasteiger partial charge on any atom is -0.493 e. The van der Waals surface area contributed by atoms with E-state index in [1.807, 2.05) is 26.8 Å². The summed E-state index contributed by atoms with van der Waals surface area (Å²) >= 11 is 0. The first-order valence-corrected chi connectivity index (χ1v) is 6.82. The van der Waals surface area contributed by atoms with E-state index in [1.54, 1.807) is 0 Å². The fourth-order valence-electron chi connectivity index (χ4n) is 2.61. The Hall–Kier alpha value is -1.31. The van der Waals surface area contributed by atoms with Crippen molar-refractivity contribution < 1.29 is 9.53 Å². The molecular weight excluding hydrogens is 224 g/mol. The summed E-state index contributed by atoms with van der Waals surface area (Å²) in [5, 5.41) is 0. The Bertz CT molecular complexity index is 472. The molecule has 0 radical (unpaired) electrons. The quantitative estimate of drug-likeness (QED) is 0.741. The zero-order valence-corrected chi connectivity index (χ0v) is 11.8. The second kappa shape index (κ2) is 5.13. The van der Waals surface area contributed by atoms with Crippen molar-refractivity contribution in [1.82, 2.24) is 0 Å². The topological polar surface area (TPSA) is 26.3 Å². The monoisotopic (exact) mass is 246 g/mol. The molecule has 18 heavy (non-hydrogen) atoms. The van der Waals surface area contributed by atoms with Crippen LogP contribution in [0.1, 0.15) is 53.7 Å². The summed E-state index contributed by atoms with van der Waals surface area (Å²) in [6, 6.07) is 2.00. The fraction of sp³-hybridized carbons (Fsp3) is 0.562. The summed E-state index contributed by atoms with van der Waals surface area (Å²) in [4.78, 5) is 12.2. The van der Waals surface area contributed by atoms with Crippen molar-refractivity contribution >= 4 is 5.78 Å². The number of aryl methyl sites for hydroxylation is 1. The number of benzene rings is 1. The highest BCUT2D eigenvalue weighted by molar-refractivity contribution is 5.99. The van der Waals surface area contributed by atoms with Crippen molar-refractivity contribution in [3.05, 3.63) is 28.3 Å². The van der Waals surface area contributed by atoms with E-state index < -0.39 is 0 Å². The van der Waals surface area contributed by atoms with Crippen molar-refractivity contribution in [3.8, 4) is 5.75 Å². The predicted octanol–water partition coefficient (Wildman–Crippen LogP) is 3.86. The van der Waals surface area contributed by atoms with E-state index in [-0.39, 0.29) is 11.7 Å². The Kier molecular flexibility index (Phi) is 3.74. The molecule has 0 saturated carbocycles. The van der Waals surface area contributed by atoms with Crippen LogP contribution < -0.4 is 4.74 Å². The maximum absolute atomic E-state index is 12.2. The first kappa shape index (κ1) is 13.1. The largest absolute Gasteiger partial charge is 0.493 e. The van der Waals surface area contributed by atoms with Gasteiger partial charge < -0.3 is 4.74 Å². The number of carbonyl (C=O) groups excluding carboxylic acids is 1. The van der Waals surface area contributed by atoms with E-state index in [4.69, 9.17) is 4.74 Å². The number of fused-ring (bicyclic) bond motifs is 1. The third kappa shape index (κ3) is 2.29. The molecule has 2 rings (SSSR count). The summed E-state index contributed by atoms with van der Waals surface area (Å²) in [6.07, 6.45) is 3.27. The minimum absolute atomic E-state index is 0.0489. The van der Waals surface area contributed by atoms with Gasteiger partial charge in [-0.1, -0.05) is 13.8 Å². The molecule has 0 saturated heterocycles. The van der Waals surface area contributed by atoms with Gasteiger partial charge >= 0.3 is 0 Å². The second-order valence-corrected chi connectivity index (χ2v) is 5.50. The van der Waals surface area contributed by atoms with Gasteiger partial charge in [0.05, 0.1) is 6.61 Å². The van der Waals surface area contributed by atoms with Crippen molar-refractivity contribution in [1.29, 1.82) is 0 Å². The van der Waals surface area contributed by atoms with Crippen LogP contribution in [-0.4, -0.2) is 12.4 Å². The lowest BCUT2D eigenvalue weighted by Gasteiger charge is -2.17. The lowest BCUT2D eigenvalue weighted by molar-refractivity contribution is 0.0938. The van der Waals surface area contributed by atoms with Gasteiger partial charge in [-0.15, -0.1) is 0 Å². The first-order chi connectivity index (χ1) is 8.52. The zero-order chi connectivity index (χ0) is 13.3. The molecule has 2 nitrogen and oxygen atoms in total. The molecule has 0 N–H and O–H groups in total. The highest BCUT2D eigenvalue weighted by Gasteiger charge is 2.21. The lowest BCUT2D eigenvalue weighted by Crippen LogP contribution is -2.12. The number of ketones is 1. The molecule has 0 amide bonds. The summed E-state index contributed by atoms with van der Waals surface area (Å²) in [5.41, 5.74) is 4.35. The van der Waals surface area contributed by atoms with Crippen LogP contribution in [0.3, 0.4) is 0 Å². The summed E-state index contributed by atoms with van der Waals surface area (Å²) in [7, 11) is 0. The number of carbonyl (C=O) groups is 1. The Morgan fingerprint density at radius 1 is 1.28 bits per heavy atom. The molecule has 1 aromatic rings. The van der Waals surface area contributed by atoms with E-state index in [9.17, 15) is 4.79 Å². The third-order valence-corrected chi connectivity index (χ3v) is 3.71. The lowest BCUT2D eigenvalue weighted by atomic mass is 9.90. The van der Waals surface area contributed by atoms with Crippen molar-refractivity contribution in [2.24, 2.45) is 5.92 Å². The van der Waals surface area contributed by atoms with Crippen LogP contribution >= 0.6 is 0 Å². The smallest absolute Gasteiger partial charge is 0.165 e. The maximum Gasteiger partial charge on any atom is 0.165 e. The van der Waals surface area contributed by atoms with Crippen LogP contribution in [0.25, 0.3) is 0 Å². The van der Waals surface area contributed by atoms with E-state index in [1.165, 1.54) is 5.56 Å². The molecule has 0 bridgehead atoms. The van der Waals surface area contributed by atoms with Gasteiger partial charge in [-0.2, -0.15) is 0 Å². The average molecular weight is 246 g/mol. The highest BCUT2D eigenvalue weighted by atomic mass is 16.5. The number of hydrogen-bond acceptors (Lipinski definition) is 2. The number of ether oxygens (including phenoxy) is 1. The summed E-state index contributed by atoms with van der Waals surface area (Å²) in [6.45, 7) is 8.81. The van der Waals surface area contributed by atoms with E-state index >= 15 is 0 Å². The number of rotatable bonds is 2. The van der Waals surface area contributed by atoms with Gasteiger partial charge in [-0.05, 0) is 55.9 Å². The van der Waals surface area contributed by atoms with Gasteiger partial charge in [-0.25, -0.2) is 0 Å². The first-order valence-electron chi connectivity index (χ1n) is 6.82.